The number of carbonyl (C=O) groups is 3. The summed E-state index contributed by atoms with van der Waals surface area (Å²) in [6.45, 7) is 12.4. The molecule has 6 atom stereocenters. The van der Waals surface area contributed by atoms with E-state index in [2.05, 4.69) is 33.4 Å². The van der Waals surface area contributed by atoms with Crippen molar-refractivity contribution in [1.29, 1.82) is 0 Å². The summed E-state index contributed by atoms with van der Waals surface area (Å²) >= 11 is 0. The molecule has 0 radical (unpaired) electrons. The minimum Gasteiger partial charge on any atom is -0.447 e. The highest BCUT2D eigenvalue weighted by Crippen LogP contribution is 2.68. The van der Waals surface area contributed by atoms with E-state index in [1.807, 2.05) is 24.3 Å². The Morgan fingerprint density at radius 3 is 2.53 bits per heavy atom. The second-order valence-electron chi connectivity index (χ2n) is 11.3. The molecule has 34 heavy (non-hydrogen) atoms. The third-order valence-corrected chi connectivity index (χ3v) is 9.64. The molecule has 2 fully saturated rings. The van der Waals surface area contributed by atoms with Crippen LogP contribution in [0.15, 0.2) is 65.8 Å². The van der Waals surface area contributed by atoms with Crippen molar-refractivity contribution in [2.45, 2.75) is 65.4 Å². The predicted octanol–water partition coefficient (Wildman–Crippen LogP) is 6.04. The van der Waals surface area contributed by atoms with Crippen LogP contribution >= 0.6 is 0 Å². The molecule has 1 aromatic carbocycles. The summed E-state index contributed by atoms with van der Waals surface area (Å²) in [5.74, 6) is 0.0205. The molecule has 0 saturated heterocycles. The molecule has 0 aromatic heterocycles. The van der Waals surface area contributed by atoms with Gasteiger partial charge in [0.15, 0.2) is 17.2 Å². The van der Waals surface area contributed by atoms with Crippen molar-refractivity contribution >= 4 is 17.5 Å². The Morgan fingerprint density at radius 1 is 1.15 bits per heavy atom. The molecular formula is C30H34O4. The number of carbonyl (C=O) groups excluding carboxylic acids is 3. The molecule has 4 nitrogen and oxygen atoms in total. The Balaban J connectivity index is 1.58. The fourth-order valence-corrected chi connectivity index (χ4v) is 8.02. The smallest absolute Gasteiger partial charge is 0.339 e. The lowest BCUT2D eigenvalue weighted by Gasteiger charge is -2.55. The molecule has 4 aliphatic rings. The second-order valence-corrected chi connectivity index (χ2v) is 11.3. The van der Waals surface area contributed by atoms with Gasteiger partial charge in [-0.2, -0.15) is 0 Å². The average Bonchev–Trinajstić information content (AvgIpc) is 3.03. The minimum atomic E-state index is -1.17. The SMILES string of the molecule is C=C1C[C@@H]2C(=CC[C@@]3(C)[C@H]2C[C@H](C)[C@]3(OC(=O)c2ccccc2)C(C)=O)[C@@]2(C)CCC(=O)C=C12. The van der Waals surface area contributed by atoms with Crippen LogP contribution < -0.4 is 0 Å². The van der Waals surface area contributed by atoms with Gasteiger partial charge in [-0.3, -0.25) is 9.59 Å². The van der Waals surface area contributed by atoms with Crippen LogP contribution in [0.1, 0.15) is 70.2 Å². The lowest BCUT2D eigenvalue weighted by molar-refractivity contribution is -0.158. The summed E-state index contributed by atoms with van der Waals surface area (Å²) in [4.78, 5) is 38.8. The minimum absolute atomic E-state index is 0.0733. The zero-order chi connectivity index (χ0) is 24.5. The molecule has 0 N–H and O–H groups in total. The van der Waals surface area contributed by atoms with Gasteiger partial charge in [0.1, 0.15) is 0 Å². The van der Waals surface area contributed by atoms with Gasteiger partial charge in [0.05, 0.1) is 5.56 Å². The van der Waals surface area contributed by atoms with Crippen LogP contribution in [0.5, 0.6) is 0 Å². The number of rotatable bonds is 3. The number of hydrogen-bond donors (Lipinski definition) is 0. The molecule has 0 aliphatic heterocycles. The average molecular weight is 459 g/mol. The molecule has 0 bridgehead atoms. The highest BCUT2D eigenvalue weighted by Gasteiger charge is 2.69. The number of benzene rings is 1. The normalized spacial score (nSPS) is 38.8. The largest absolute Gasteiger partial charge is 0.447 e. The summed E-state index contributed by atoms with van der Waals surface area (Å²) in [7, 11) is 0. The van der Waals surface area contributed by atoms with Gasteiger partial charge in [0.2, 0.25) is 0 Å². The molecule has 5 rings (SSSR count). The van der Waals surface area contributed by atoms with Crippen molar-refractivity contribution in [3.63, 3.8) is 0 Å². The van der Waals surface area contributed by atoms with E-state index in [4.69, 9.17) is 4.74 Å². The first-order chi connectivity index (χ1) is 16.0. The number of Topliss-reactive ketones (excluding diaryl/α,β-unsaturated/α-hetero) is 1. The second kappa shape index (κ2) is 7.63. The molecule has 0 spiro atoms. The van der Waals surface area contributed by atoms with E-state index in [0.29, 0.717) is 18.4 Å². The van der Waals surface area contributed by atoms with Crippen LogP contribution in [-0.4, -0.2) is 23.1 Å². The van der Waals surface area contributed by atoms with Gasteiger partial charge in [-0.05, 0) is 68.2 Å². The highest BCUT2D eigenvalue weighted by molar-refractivity contribution is 5.95. The first-order valence-corrected chi connectivity index (χ1v) is 12.5. The maximum absolute atomic E-state index is 13.4. The van der Waals surface area contributed by atoms with E-state index >= 15 is 0 Å². The van der Waals surface area contributed by atoms with Gasteiger partial charge >= 0.3 is 5.97 Å². The van der Waals surface area contributed by atoms with Gasteiger partial charge in [-0.25, -0.2) is 4.79 Å². The number of esters is 1. The van der Waals surface area contributed by atoms with Crippen LogP contribution in [0.4, 0.5) is 0 Å². The van der Waals surface area contributed by atoms with Crippen LogP contribution in [0, 0.1) is 28.6 Å². The number of ether oxygens (including phenoxy) is 1. The lowest BCUT2D eigenvalue weighted by atomic mass is 9.49. The summed E-state index contributed by atoms with van der Waals surface area (Å²) in [6, 6.07) is 8.95. The summed E-state index contributed by atoms with van der Waals surface area (Å²) in [5, 5.41) is 0. The van der Waals surface area contributed by atoms with Gasteiger partial charge in [-0.15, -0.1) is 0 Å². The number of hydrogen-bond acceptors (Lipinski definition) is 4. The monoisotopic (exact) mass is 458 g/mol. The Labute approximate surface area is 202 Å². The summed E-state index contributed by atoms with van der Waals surface area (Å²) < 4.78 is 6.29. The quantitative estimate of drug-likeness (QED) is 0.410. The van der Waals surface area contributed by atoms with Crippen molar-refractivity contribution in [3.05, 3.63) is 71.3 Å². The van der Waals surface area contributed by atoms with E-state index in [1.54, 1.807) is 19.1 Å². The standard InChI is InChI=1S/C30H34O4/c1-18-15-23-24(28(4)13-11-22(32)17-25(18)28)12-14-29(5)26(23)16-19(2)30(29,20(3)31)34-27(33)21-9-7-6-8-10-21/h6-10,12,17,19,23,26H,1,11,13-16H2,2-5H3/t19-,23+,26-,28+,29-,30-/m0/s1. The van der Waals surface area contributed by atoms with Crippen molar-refractivity contribution < 1.29 is 19.1 Å². The van der Waals surface area contributed by atoms with Crippen molar-refractivity contribution in [1.82, 2.24) is 0 Å². The first kappa shape index (κ1) is 23.0. The first-order valence-electron chi connectivity index (χ1n) is 12.5. The molecule has 178 valence electrons. The van der Waals surface area contributed by atoms with Gasteiger partial charge < -0.3 is 4.74 Å². The molecule has 0 unspecified atom stereocenters. The van der Waals surface area contributed by atoms with E-state index < -0.39 is 17.0 Å². The van der Waals surface area contributed by atoms with Gasteiger partial charge in [-0.1, -0.05) is 62.8 Å². The zero-order valence-electron chi connectivity index (χ0n) is 20.6. The van der Waals surface area contributed by atoms with E-state index in [9.17, 15) is 14.4 Å². The van der Waals surface area contributed by atoms with Crippen LogP contribution in [0.25, 0.3) is 0 Å². The van der Waals surface area contributed by atoms with Gasteiger partial charge in [0.25, 0.3) is 0 Å². The van der Waals surface area contributed by atoms with Crippen molar-refractivity contribution in [2.75, 3.05) is 0 Å². The lowest BCUT2D eigenvalue weighted by Crippen LogP contribution is -2.58. The predicted molar refractivity (Wildman–Crippen MR) is 131 cm³/mol. The van der Waals surface area contributed by atoms with Gasteiger partial charge in [0, 0.05) is 23.2 Å². The number of allylic oxidation sites excluding steroid dienone is 5. The third-order valence-electron chi connectivity index (χ3n) is 9.64. The number of ketones is 2. The maximum atomic E-state index is 13.4. The zero-order valence-corrected chi connectivity index (χ0v) is 20.6. The Hall–Kier alpha value is -2.75. The molecule has 1 aromatic rings. The topological polar surface area (TPSA) is 60.4 Å². The van der Waals surface area contributed by atoms with Crippen LogP contribution in [-0.2, 0) is 14.3 Å². The molecule has 0 heterocycles. The maximum Gasteiger partial charge on any atom is 0.339 e. The molecule has 4 aliphatic carbocycles. The van der Waals surface area contributed by atoms with Crippen molar-refractivity contribution in [3.8, 4) is 0 Å². The van der Waals surface area contributed by atoms with Crippen LogP contribution in [0.2, 0.25) is 0 Å². The Bertz CT molecular complexity index is 1160. The molecule has 0 amide bonds. The fourth-order valence-electron chi connectivity index (χ4n) is 8.02. The third kappa shape index (κ3) is 2.93. The van der Waals surface area contributed by atoms with E-state index in [0.717, 1.165) is 30.4 Å². The van der Waals surface area contributed by atoms with E-state index in [1.165, 1.54) is 5.57 Å². The summed E-state index contributed by atoms with van der Waals surface area (Å²) in [5.41, 5.74) is 2.13. The summed E-state index contributed by atoms with van der Waals surface area (Å²) in [6.07, 6.45) is 7.77. The highest BCUT2D eigenvalue weighted by atomic mass is 16.6. The molecule has 2 saturated carbocycles. The molecular weight excluding hydrogens is 424 g/mol. The Kier molecular flexibility index (Phi) is 5.16. The fraction of sp³-hybridized carbons (Fsp3) is 0.500. The van der Waals surface area contributed by atoms with Crippen LogP contribution in [0.3, 0.4) is 0 Å². The number of fused-ring (bicyclic) bond motifs is 5. The van der Waals surface area contributed by atoms with E-state index in [-0.39, 0.29) is 34.7 Å². The van der Waals surface area contributed by atoms with Crippen molar-refractivity contribution in [2.24, 2.45) is 28.6 Å². The Morgan fingerprint density at radius 2 is 1.85 bits per heavy atom. The molecule has 4 heteroatoms.